The van der Waals surface area contributed by atoms with E-state index in [-0.39, 0.29) is 5.75 Å². The highest BCUT2D eigenvalue weighted by Gasteiger charge is 2.12. The third-order valence-electron chi connectivity index (χ3n) is 2.82. The summed E-state index contributed by atoms with van der Waals surface area (Å²) in [5.41, 5.74) is 0.909. The molecule has 0 bridgehead atoms. The van der Waals surface area contributed by atoms with E-state index in [1.807, 2.05) is 20.0 Å². The van der Waals surface area contributed by atoms with Gasteiger partial charge in [-0.15, -0.1) is 11.3 Å². The van der Waals surface area contributed by atoms with Gasteiger partial charge in [-0.25, -0.2) is 13.4 Å². The first-order valence-electron chi connectivity index (χ1n) is 6.49. The van der Waals surface area contributed by atoms with Crippen molar-refractivity contribution in [3.8, 4) is 0 Å². The molecule has 0 fully saturated rings. The summed E-state index contributed by atoms with van der Waals surface area (Å²) < 4.78 is 23.8. The van der Waals surface area contributed by atoms with E-state index in [1.165, 1.54) is 0 Å². The number of sulfone groups is 1. The fourth-order valence-electron chi connectivity index (χ4n) is 1.84. The van der Waals surface area contributed by atoms with Crippen LogP contribution in [0.25, 0.3) is 0 Å². The third-order valence-corrected chi connectivity index (χ3v) is 5.67. The van der Waals surface area contributed by atoms with Crippen molar-refractivity contribution in [1.29, 1.82) is 0 Å². The van der Waals surface area contributed by atoms with Crippen molar-refractivity contribution in [2.45, 2.75) is 31.7 Å². The molecule has 0 radical (unpaired) electrons. The third kappa shape index (κ3) is 3.80. The van der Waals surface area contributed by atoms with Crippen molar-refractivity contribution in [2.24, 2.45) is 0 Å². The number of benzene rings is 1. The summed E-state index contributed by atoms with van der Waals surface area (Å²) in [6, 6.07) is 6.92. The molecule has 0 saturated carbocycles. The second-order valence-corrected chi connectivity index (χ2v) is 7.97. The number of nitrogens with one attached hydrogen (secondary N) is 1. The molecule has 2 aromatic rings. The second kappa shape index (κ2) is 6.37. The van der Waals surface area contributed by atoms with E-state index in [2.05, 4.69) is 10.3 Å². The molecule has 0 saturated heterocycles. The van der Waals surface area contributed by atoms with Gasteiger partial charge in [0.1, 0.15) is 0 Å². The van der Waals surface area contributed by atoms with E-state index in [0.717, 1.165) is 15.6 Å². The van der Waals surface area contributed by atoms with Crippen LogP contribution in [0, 0.1) is 6.92 Å². The molecule has 0 unspecified atom stereocenters. The van der Waals surface area contributed by atoms with Gasteiger partial charge in [0.15, 0.2) is 9.84 Å². The number of aromatic nitrogens is 1. The van der Waals surface area contributed by atoms with Crippen molar-refractivity contribution in [3.05, 3.63) is 40.3 Å². The van der Waals surface area contributed by atoms with E-state index >= 15 is 0 Å². The number of nitrogens with zero attached hydrogens (tertiary/aromatic N) is 1. The Bertz CT molecular complexity index is 661. The van der Waals surface area contributed by atoms with Gasteiger partial charge >= 0.3 is 0 Å². The minimum Gasteiger partial charge on any atom is -0.380 e. The lowest BCUT2D eigenvalue weighted by molar-refractivity contribution is 0.595. The molecule has 20 heavy (non-hydrogen) atoms. The summed E-state index contributed by atoms with van der Waals surface area (Å²) in [5.74, 6) is 0.194. The van der Waals surface area contributed by atoms with Crippen LogP contribution >= 0.6 is 11.3 Å². The van der Waals surface area contributed by atoms with Crippen LogP contribution in [0.1, 0.15) is 23.2 Å². The molecule has 0 aliphatic carbocycles. The molecule has 1 heterocycles. The smallest absolute Gasteiger partial charge is 0.178 e. The number of anilines is 1. The van der Waals surface area contributed by atoms with Crippen LogP contribution in [0.5, 0.6) is 0 Å². The molecular weight excluding hydrogens is 292 g/mol. The summed E-state index contributed by atoms with van der Waals surface area (Å²) in [7, 11) is -3.13. The summed E-state index contributed by atoms with van der Waals surface area (Å²) >= 11 is 1.65. The van der Waals surface area contributed by atoms with Crippen molar-refractivity contribution < 1.29 is 8.42 Å². The van der Waals surface area contributed by atoms with Crippen LogP contribution in [0.4, 0.5) is 5.69 Å². The topological polar surface area (TPSA) is 59.1 Å². The maximum Gasteiger partial charge on any atom is 0.178 e. The van der Waals surface area contributed by atoms with E-state index in [9.17, 15) is 8.42 Å². The monoisotopic (exact) mass is 310 g/mol. The second-order valence-electron chi connectivity index (χ2n) is 4.54. The molecule has 0 spiro atoms. The highest BCUT2D eigenvalue weighted by Crippen LogP contribution is 2.18. The van der Waals surface area contributed by atoms with Crippen molar-refractivity contribution in [3.63, 3.8) is 0 Å². The minimum absolute atomic E-state index is 0.194. The summed E-state index contributed by atoms with van der Waals surface area (Å²) in [6.07, 6.45) is 2.49. The number of rotatable bonds is 6. The zero-order valence-corrected chi connectivity index (χ0v) is 13.2. The Hall–Kier alpha value is -1.40. The van der Waals surface area contributed by atoms with Crippen LogP contribution in [0.15, 0.2) is 35.4 Å². The van der Waals surface area contributed by atoms with Gasteiger partial charge in [0, 0.05) is 16.8 Å². The molecule has 0 atom stereocenters. The van der Waals surface area contributed by atoms with Gasteiger partial charge < -0.3 is 5.32 Å². The van der Waals surface area contributed by atoms with Gasteiger partial charge in [-0.1, -0.05) is 6.92 Å². The summed E-state index contributed by atoms with van der Waals surface area (Å²) in [6.45, 7) is 4.54. The summed E-state index contributed by atoms with van der Waals surface area (Å²) in [4.78, 5) is 5.74. The van der Waals surface area contributed by atoms with Crippen molar-refractivity contribution >= 4 is 26.9 Å². The SMILES string of the molecule is CCCS(=O)(=O)c1ccc(NCc2cnc(C)s2)cc1. The average molecular weight is 310 g/mol. The van der Waals surface area contributed by atoms with Crippen LogP contribution in [-0.2, 0) is 16.4 Å². The largest absolute Gasteiger partial charge is 0.380 e. The van der Waals surface area contributed by atoms with Gasteiger partial charge in [-0.05, 0) is 37.6 Å². The zero-order valence-electron chi connectivity index (χ0n) is 11.6. The lowest BCUT2D eigenvalue weighted by Crippen LogP contribution is -2.06. The standard InChI is InChI=1S/C14H18N2O2S2/c1-3-8-20(17,18)14-6-4-12(5-7-14)16-10-13-9-15-11(2)19-13/h4-7,9,16H,3,8,10H2,1-2H3. The predicted octanol–water partition coefficient (Wildman–Crippen LogP) is 3.25. The molecule has 6 heteroatoms. The van der Waals surface area contributed by atoms with E-state index in [4.69, 9.17) is 0 Å². The lowest BCUT2D eigenvalue weighted by atomic mass is 10.3. The number of thiazole rings is 1. The molecule has 0 aliphatic rings. The van der Waals surface area contributed by atoms with Gasteiger partial charge in [0.2, 0.25) is 0 Å². The lowest BCUT2D eigenvalue weighted by Gasteiger charge is -2.06. The van der Waals surface area contributed by atoms with Crippen molar-refractivity contribution in [2.75, 3.05) is 11.1 Å². The Labute approximate surface area is 123 Å². The molecule has 1 aromatic carbocycles. The minimum atomic E-state index is -3.13. The predicted molar refractivity (Wildman–Crippen MR) is 83.0 cm³/mol. The number of hydrogen-bond donors (Lipinski definition) is 1. The Balaban J connectivity index is 2.01. The molecule has 1 N–H and O–H groups in total. The first kappa shape index (κ1) is 15.0. The highest BCUT2D eigenvalue weighted by atomic mass is 32.2. The van der Waals surface area contributed by atoms with Gasteiger partial charge in [0.05, 0.1) is 22.2 Å². The Morgan fingerprint density at radius 1 is 1.25 bits per heavy atom. The van der Waals surface area contributed by atoms with E-state index in [1.54, 1.807) is 35.6 Å². The molecule has 0 aliphatic heterocycles. The highest BCUT2D eigenvalue weighted by molar-refractivity contribution is 7.91. The maximum absolute atomic E-state index is 11.9. The first-order chi connectivity index (χ1) is 9.51. The van der Waals surface area contributed by atoms with E-state index in [0.29, 0.717) is 17.9 Å². The van der Waals surface area contributed by atoms with Crippen LogP contribution in [0.2, 0.25) is 0 Å². The zero-order chi connectivity index (χ0) is 14.6. The van der Waals surface area contributed by atoms with Crippen LogP contribution in [0.3, 0.4) is 0 Å². The maximum atomic E-state index is 11.9. The molecular formula is C14H18N2O2S2. The fraction of sp³-hybridized carbons (Fsp3) is 0.357. The Morgan fingerprint density at radius 2 is 1.95 bits per heavy atom. The van der Waals surface area contributed by atoms with Crippen molar-refractivity contribution in [1.82, 2.24) is 4.98 Å². The normalized spacial score (nSPS) is 11.5. The van der Waals surface area contributed by atoms with Gasteiger partial charge in [-0.3, -0.25) is 0 Å². The summed E-state index contributed by atoms with van der Waals surface area (Å²) in [5, 5.41) is 4.30. The van der Waals surface area contributed by atoms with E-state index < -0.39 is 9.84 Å². The van der Waals surface area contributed by atoms with Gasteiger partial charge in [-0.2, -0.15) is 0 Å². The molecule has 1 aromatic heterocycles. The average Bonchev–Trinajstić information content (AvgIpc) is 2.83. The molecule has 108 valence electrons. The van der Waals surface area contributed by atoms with Crippen LogP contribution < -0.4 is 5.32 Å². The first-order valence-corrected chi connectivity index (χ1v) is 8.96. The molecule has 2 rings (SSSR count). The molecule has 4 nitrogen and oxygen atoms in total. The number of hydrogen-bond acceptors (Lipinski definition) is 5. The number of aryl methyl sites for hydroxylation is 1. The van der Waals surface area contributed by atoms with Crippen LogP contribution in [-0.4, -0.2) is 19.2 Å². The Morgan fingerprint density at radius 3 is 2.50 bits per heavy atom. The Kier molecular flexibility index (Phi) is 4.77. The quantitative estimate of drug-likeness (QED) is 0.890. The fourth-order valence-corrected chi connectivity index (χ4v) is 3.90. The molecule has 0 amide bonds. The van der Waals surface area contributed by atoms with Gasteiger partial charge in [0.25, 0.3) is 0 Å².